The van der Waals surface area contributed by atoms with Gasteiger partial charge in [-0.3, -0.25) is 4.79 Å². The summed E-state index contributed by atoms with van der Waals surface area (Å²) in [6.07, 6.45) is 3.16. The first-order valence-corrected chi connectivity index (χ1v) is 6.87. The Morgan fingerprint density at radius 1 is 0.909 bits per heavy atom. The van der Waals surface area contributed by atoms with Crippen LogP contribution in [-0.2, 0) is 0 Å². The molecule has 0 saturated carbocycles. The van der Waals surface area contributed by atoms with Crippen molar-refractivity contribution in [3.63, 3.8) is 0 Å². The van der Waals surface area contributed by atoms with Gasteiger partial charge in [0.05, 0.1) is 5.56 Å². The van der Waals surface area contributed by atoms with Gasteiger partial charge in [-0.05, 0) is 34.5 Å². The summed E-state index contributed by atoms with van der Waals surface area (Å²) < 4.78 is 0. The number of hydrogen-bond acceptors (Lipinski definition) is 3. The molecule has 0 aliphatic carbocycles. The van der Waals surface area contributed by atoms with Crippen molar-refractivity contribution < 1.29 is 15.0 Å². The lowest BCUT2D eigenvalue weighted by Gasteiger charge is -2.03. The normalized spacial score (nSPS) is 11.1. The molecule has 0 aliphatic heterocycles. The molecule has 108 valence electrons. The fourth-order valence-electron chi connectivity index (χ4n) is 2.38. The van der Waals surface area contributed by atoms with E-state index in [0.29, 0.717) is 0 Å². The lowest BCUT2D eigenvalue weighted by molar-refractivity contribution is 0.104. The number of fused-ring (bicyclic) bond motifs is 1. The third-order valence-electron chi connectivity index (χ3n) is 3.48. The monoisotopic (exact) mass is 290 g/mol. The Bertz CT molecular complexity index is 873. The van der Waals surface area contributed by atoms with Gasteiger partial charge in [-0.15, -0.1) is 0 Å². The molecule has 3 heteroatoms. The SMILES string of the molecule is O=C(/C=C/c1cccc2ccccc12)c1ccc(O)cc1O. The summed E-state index contributed by atoms with van der Waals surface area (Å²) in [7, 11) is 0. The molecule has 0 radical (unpaired) electrons. The van der Waals surface area contributed by atoms with E-state index in [-0.39, 0.29) is 22.8 Å². The first-order chi connectivity index (χ1) is 10.6. The number of aromatic hydroxyl groups is 2. The van der Waals surface area contributed by atoms with Crippen molar-refractivity contribution in [3.8, 4) is 11.5 Å². The molecule has 22 heavy (non-hydrogen) atoms. The number of hydrogen-bond donors (Lipinski definition) is 2. The smallest absolute Gasteiger partial charge is 0.189 e. The number of carbonyl (C=O) groups is 1. The summed E-state index contributed by atoms with van der Waals surface area (Å²) >= 11 is 0. The van der Waals surface area contributed by atoms with E-state index in [0.717, 1.165) is 22.4 Å². The Morgan fingerprint density at radius 2 is 1.68 bits per heavy atom. The van der Waals surface area contributed by atoms with E-state index < -0.39 is 0 Å². The molecule has 0 fully saturated rings. The highest BCUT2D eigenvalue weighted by molar-refractivity contribution is 6.09. The van der Waals surface area contributed by atoms with Crippen molar-refractivity contribution in [1.82, 2.24) is 0 Å². The molecule has 0 unspecified atom stereocenters. The Kier molecular flexibility index (Phi) is 3.62. The first-order valence-electron chi connectivity index (χ1n) is 6.87. The molecular formula is C19H14O3. The van der Waals surface area contributed by atoms with E-state index in [9.17, 15) is 15.0 Å². The second kappa shape index (κ2) is 5.74. The topological polar surface area (TPSA) is 57.5 Å². The first kappa shape index (κ1) is 13.9. The van der Waals surface area contributed by atoms with Gasteiger partial charge in [-0.25, -0.2) is 0 Å². The van der Waals surface area contributed by atoms with Crippen LogP contribution in [0.3, 0.4) is 0 Å². The van der Waals surface area contributed by atoms with Gasteiger partial charge < -0.3 is 10.2 Å². The van der Waals surface area contributed by atoms with Crippen molar-refractivity contribution in [1.29, 1.82) is 0 Å². The second-order valence-corrected chi connectivity index (χ2v) is 4.97. The molecule has 0 saturated heterocycles. The quantitative estimate of drug-likeness (QED) is 0.563. The maximum Gasteiger partial charge on any atom is 0.189 e. The Morgan fingerprint density at radius 3 is 2.50 bits per heavy atom. The molecule has 0 aromatic heterocycles. The summed E-state index contributed by atoms with van der Waals surface area (Å²) in [5.41, 5.74) is 1.10. The molecule has 0 aliphatic rings. The average molecular weight is 290 g/mol. The molecule has 3 aromatic rings. The number of allylic oxidation sites excluding steroid dienone is 1. The van der Waals surface area contributed by atoms with E-state index in [2.05, 4.69) is 0 Å². The predicted octanol–water partition coefficient (Wildman–Crippen LogP) is 4.15. The van der Waals surface area contributed by atoms with Gasteiger partial charge in [0, 0.05) is 6.07 Å². The van der Waals surface area contributed by atoms with Crippen LogP contribution in [0.5, 0.6) is 11.5 Å². The van der Waals surface area contributed by atoms with Crippen LogP contribution in [0.1, 0.15) is 15.9 Å². The Labute approximate surface area is 127 Å². The molecule has 3 nitrogen and oxygen atoms in total. The highest BCUT2D eigenvalue weighted by Gasteiger charge is 2.08. The number of rotatable bonds is 3. The maximum atomic E-state index is 12.2. The van der Waals surface area contributed by atoms with Gasteiger partial charge in [0.1, 0.15) is 11.5 Å². The van der Waals surface area contributed by atoms with Crippen LogP contribution in [-0.4, -0.2) is 16.0 Å². The van der Waals surface area contributed by atoms with E-state index >= 15 is 0 Å². The molecule has 0 atom stereocenters. The number of phenolic OH excluding ortho intramolecular Hbond substituents is 2. The standard InChI is InChI=1S/C19H14O3/c20-15-9-10-17(19(22)12-15)18(21)11-8-14-6-3-5-13-4-1-2-7-16(13)14/h1-12,20,22H/b11-8+. The van der Waals surface area contributed by atoms with Crippen LogP contribution < -0.4 is 0 Å². The third kappa shape index (κ3) is 2.69. The van der Waals surface area contributed by atoms with Crippen LogP contribution in [0.15, 0.2) is 66.7 Å². The fourth-order valence-corrected chi connectivity index (χ4v) is 2.38. The van der Waals surface area contributed by atoms with E-state index in [1.807, 2.05) is 42.5 Å². The predicted molar refractivity (Wildman–Crippen MR) is 87.1 cm³/mol. The van der Waals surface area contributed by atoms with Crippen LogP contribution in [0.2, 0.25) is 0 Å². The summed E-state index contributed by atoms with van der Waals surface area (Å²) in [5.74, 6) is -0.620. The van der Waals surface area contributed by atoms with Gasteiger partial charge in [0.2, 0.25) is 0 Å². The summed E-state index contributed by atoms with van der Waals surface area (Å²) in [5, 5.41) is 21.1. The summed E-state index contributed by atoms with van der Waals surface area (Å²) in [4.78, 5) is 12.2. The van der Waals surface area contributed by atoms with Gasteiger partial charge in [0.25, 0.3) is 0 Å². The Hall–Kier alpha value is -3.07. The highest BCUT2D eigenvalue weighted by Crippen LogP contribution is 2.24. The molecule has 0 heterocycles. The van der Waals surface area contributed by atoms with Crippen LogP contribution in [0.4, 0.5) is 0 Å². The average Bonchev–Trinajstić information content (AvgIpc) is 2.52. The number of carbonyl (C=O) groups excluding carboxylic acids is 1. The van der Waals surface area contributed by atoms with Crippen LogP contribution >= 0.6 is 0 Å². The minimum absolute atomic E-state index is 0.0768. The molecule has 3 aromatic carbocycles. The zero-order valence-corrected chi connectivity index (χ0v) is 11.7. The molecule has 0 amide bonds. The molecule has 3 rings (SSSR count). The summed E-state index contributed by atoms with van der Waals surface area (Å²) in [6.45, 7) is 0. The van der Waals surface area contributed by atoms with E-state index in [4.69, 9.17) is 0 Å². The molecular weight excluding hydrogens is 276 g/mol. The van der Waals surface area contributed by atoms with Gasteiger partial charge >= 0.3 is 0 Å². The third-order valence-corrected chi connectivity index (χ3v) is 3.48. The number of phenols is 2. The molecule has 2 N–H and O–H groups in total. The minimum Gasteiger partial charge on any atom is -0.508 e. The number of ketones is 1. The lowest BCUT2D eigenvalue weighted by atomic mass is 10.0. The van der Waals surface area contributed by atoms with Crippen LogP contribution in [0, 0.1) is 0 Å². The largest absolute Gasteiger partial charge is 0.508 e. The van der Waals surface area contributed by atoms with Gasteiger partial charge in [0.15, 0.2) is 5.78 Å². The van der Waals surface area contributed by atoms with E-state index in [1.165, 1.54) is 18.2 Å². The van der Waals surface area contributed by atoms with E-state index in [1.54, 1.807) is 6.08 Å². The zero-order valence-electron chi connectivity index (χ0n) is 11.7. The maximum absolute atomic E-state index is 12.2. The Balaban J connectivity index is 1.94. The van der Waals surface area contributed by atoms with Gasteiger partial charge in [-0.1, -0.05) is 48.5 Å². The van der Waals surface area contributed by atoms with Gasteiger partial charge in [-0.2, -0.15) is 0 Å². The van der Waals surface area contributed by atoms with Crippen molar-refractivity contribution in [2.45, 2.75) is 0 Å². The highest BCUT2D eigenvalue weighted by atomic mass is 16.3. The lowest BCUT2D eigenvalue weighted by Crippen LogP contribution is -1.94. The zero-order chi connectivity index (χ0) is 15.5. The van der Waals surface area contributed by atoms with Crippen molar-refractivity contribution in [2.75, 3.05) is 0 Å². The second-order valence-electron chi connectivity index (χ2n) is 4.97. The van der Waals surface area contributed by atoms with Crippen molar-refractivity contribution >= 4 is 22.6 Å². The van der Waals surface area contributed by atoms with Crippen molar-refractivity contribution in [3.05, 3.63) is 77.9 Å². The fraction of sp³-hybridized carbons (Fsp3) is 0. The summed E-state index contributed by atoms with van der Waals surface area (Å²) in [6, 6.07) is 17.7. The molecule has 0 bridgehead atoms. The molecule has 0 spiro atoms. The van der Waals surface area contributed by atoms with Crippen LogP contribution in [0.25, 0.3) is 16.8 Å². The number of benzene rings is 3. The minimum atomic E-state index is -0.314. The van der Waals surface area contributed by atoms with Crippen molar-refractivity contribution in [2.24, 2.45) is 0 Å².